The van der Waals surface area contributed by atoms with Crippen LogP contribution in [-0.2, 0) is 0 Å². The Morgan fingerprint density at radius 2 is 2.38 bits per heavy atom. The van der Waals surface area contributed by atoms with Gasteiger partial charge in [0, 0.05) is 0 Å². The van der Waals surface area contributed by atoms with Gasteiger partial charge in [-0.1, -0.05) is 11.6 Å². The maximum atomic E-state index is 9.36. The normalized spacial score (nSPS) is 25.5. The second kappa shape index (κ2) is 5.40. The Hall–Kier alpha value is -0.340. The van der Waals surface area contributed by atoms with E-state index in [4.69, 9.17) is 5.11 Å². The summed E-state index contributed by atoms with van der Waals surface area (Å²) >= 11 is 0. The van der Waals surface area contributed by atoms with Crippen LogP contribution in [0.15, 0.2) is 11.6 Å². The monoisotopic (exact) mass is 184 g/mol. The van der Waals surface area contributed by atoms with Crippen LogP contribution < -0.4 is 0 Å². The third-order valence-corrected chi connectivity index (χ3v) is 2.55. The average molecular weight is 184 g/mol. The summed E-state index contributed by atoms with van der Waals surface area (Å²) in [5.41, 5.74) is 1.37. The summed E-state index contributed by atoms with van der Waals surface area (Å²) in [5, 5.41) is 18.4. The minimum absolute atomic E-state index is 0.186. The summed E-state index contributed by atoms with van der Waals surface area (Å²) < 4.78 is 0. The van der Waals surface area contributed by atoms with Crippen molar-refractivity contribution in [3.63, 3.8) is 0 Å². The zero-order valence-corrected chi connectivity index (χ0v) is 8.37. The lowest BCUT2D eigenvalue weighted by Crippen LogP contribution is -2.09. The molecule has 0 spiro atoms. The van der Waals surface area contributed by atoms with Crippen LogP contribution in [0.4, 0.5) is 0 Å². The number of hydrogen-bond donors (Lipinski definition) is 2. The van der Waals surface area contributed by atoms with Gasteiger partial charge >= 0.3 is 0 Å². The Kier molecular flexibility index (Phi) is 4.46. The lowest BCUT2D eigenvalue weighted by Gasteiger charge is -2.17. The van der Waals surface area contributed by atoms with Crippen molar-refractivity contribution >= 4 is 0 Å². The van der Waals surface area contributed by atoms with Crippen LogP contribution in [0, 0.1) is 0 Å². The summed E-state index contributed by atoms with van der Waals surface area (Å²) in [6, 6.07) is 0. The van der Waals surface area contributed by atoms with Gasteiger partial charge in [0.25, 0.3) is 0 Å². The highest BCUT2D eigenvalue weighted by Gasteiger charge is 2.10. The molecule has 0 aromatic carbocycles. The van der Waals surface area contributed by atoms with Crippen molar-refractivity contribution in [2.75, 3.05) is 0 Å². The van der Waals surface area contributed by atoms with E-state index >= 15 is 0 Å². The van der Waals surface area contributed by atoms with Gasteiger partial charge in [-0.2, -0.15) is 0 Å². The summed E-state index contributed by atoms with van der Waals surface area (Å²) in [7, 11) is 0. The maximum absolute atomic E-state index is 9.36. The molecule has 0 saturated carbocycles. The van der Waals surface area contributed by atoms with Crippen molar-refractivity contribution in [3.05, 3.63) is 11.6 Å². The molecule has 2 atom stereocenters. The molecule has 76 valence electrons. The van der Waals surface area contributed by atoms with E-state index in [9.17, 15) is 5.11 Å². The van der Waals surface area contributed by atoms with Gasteiger partial charge in [-0.15, -0.1) is 0 Å². The molecule has 13 heavy (non-hydrogen) atoms. The third kappa shape index (κ3) is 4.44. The molecule has 0 bridgehead atoms. The molecular formula is C11H20O2. The van der Waals surface area contributed by atoms with Gasteiger partial charge in [-0.3, -0.25) is 0 Å². The van der Waals surface area contributed by atoms with Crippen molar-refractivity contribution in [3.8, 4) is 0 Å². The number of aliphatic hydroxyl groups is 2. The van der Waals surface area contributed by atoms with E-state index in [0.717, 1.165) is 38.5 Å². The smallest absolute Gasteiger partial charge is 0.0723 e. The van der Waals surface area contributed by atoms with Crippen molar-refractivity contribution < 1.29 is 10.2 Å². The second-order valence-electron chi connectivity index (χ2n) is 4.03. The predicted molar refractivity (Wildman–Crippen MR) is 53.5 cm³/mol. The highest BCUT2D eigenvalue weighted by Crippen LogP contribution is 2.22. The minimum atomic E-state index is -0.213. The molecule has 0 aromatic heterocycles. The molecule has 0 unspecified atom stereocenters. The van der Waals surface area contributed by atoms with Crippen LogP contribution in [0.5, 0.6) is 0 Å². The molecule has 0 amide bonds. The van der Waals surface area contributed by atoms with E-state index in [2.05, 4.69) is 0 Å². The van der Waals surface area contributed by atoms with Crippen LogP contribution in [0.2, 0.25) is 0 Å². The number of aliphatic hydroxyl groups excluding tert-OH is 2. The molecule has 0 heterocycles. The van der Waals surface area contributed by atoms with Crippen LogP contribution in [0.1, 0.15) is 45.4 Å². The first-order valence-corrected chi connectivity index (χ1v) is 5.24. The summed E-state index contributed by atoms with van der Waals surface area (Å²) in [6.45, 7) is 1.82. The molecule has 2 heteroatoms. The summed E-state index contributed by atoms with van der Waals surface area (Å²) in [4.78, 5) is 0. The first-order valence-electron chi connectivity index (χ1n) is 5.24. The van der Waals surface area contributed by atoms with Crippen molar-refractivity contribution in [1.29, 1.82) is 0 Å². The first kappa shape index (κ1) is 10.7. The average Bonchev–Trinajstić information content (AvgIpc) is 2.03. The fraction of sp³-hybridized carbons (Fsp3) is 0.818. The van der Waals surface area contributed by atoms with Crippen molar-refractivity contribution in [2.24, 2.45) is 0 Å². The Morgan fingerprint density at radius 1 is 1.62 bits per heavy atom. The van der Waals surface area contributed by atoms with Crippen LogP contribution in [0.25, 0.3) is 0 Å². The fourth-order valence-electron chi connectivity index (χ4n) is 1.81. The molecule has 1 aliphatic carbocycles. The van der Waals surface area contributed by atoms with E-state index in [-0.39, 0.29) is 12.2 Å². The topological polar surface area (TPSA) is 40.5 Å². The molecule has 1 aliphatic rings. The lowest BCUT2D eigenvalue weighted by atomic mass is 9.93. The van der Waals surface area contributed by atoms with Gasteiger partial charge in [0.1, 0.15) is 0 Å². The molecular weight excluding hydrogens is 164 g/mol. The van der Waals surface area contributed by atoms with Crippen LogP contribution >= 0.6 is 0 Å². The van der Waals surface area contributed by atoms with E-state index in [1.54, 1.807) is 0 Å². The van der Waals surface area contributed by atoms with Gasteiger partial charge in [0.05, 0.1) is 12.2 Å². The highest BCUT2D eigenvalue weighted by atomic mass is 16.3. The van der Waals surface area contributed by atoms with Gasteiger partial charge in [0.2, 0.25) is 0 Å². The lowest BCUT2D eigenvalue weighted by molar-refractivity contribution is 0.180. The Labute approximate surface area is 80.3 Å². The molecule has 0 saturated heterocycles. The Balaban J connectivity index is 2.20. The van der Waals surface area contributed by atoms with Crippen LogP contribution in [-0.4, -0.2) is 22.4 Å². The molecule has 0 radical (unpaired) electrons. The fourth-order valence-corrected chi connectivity index (χ4v) is 1.81. The van der Waals surface area contributed by atoms with E-state index in [1.807, 2.05) is 13.0 Å². The van der Waals surface area contributed by atoms with Crippen molar-refractivity contribution in [1.82, 2.24) is 0 Å². The molecule has 2 nitrogen and oxygen atoms in total. The molecule has 2 N–H and O–H groups in total. The highest BCUT2D eigenvalue weighted by molar-refractivity contribution is 5.08. The number of hydrogen-bond acceptors (Lipinski definition) is 2. The van der Waals surface area contributed by atoms with Gasteiger partial charge in [-0.05, 0) is 45.4 Å². The molecule has 0 fully saturated rings. The van der Waals surface area contributed by atoms with E-state index in [0.29, 0.717) is 0 Å². The third-order valence-electron chi connectivity index (χ3n) is 2.55. The van der Waals surface area contributed by atoms with Gasteiger partial charge in [-0.25, -0.2) is 0 Å². The zero-order valence-electron chi connectivity index (χ0n) is 8.37. The SMILES string of the molecule is C[C@H](O)CCCC1=C[C@H](O)CCC1. The quantitative estimate of drug-likeness (QED) is 0.656. The number of allylic oxidation sites excluding steroid dienone is 1. The summed E-state index contributed by atoms with van der Waals surface area (Å²) in [5.74, 6) is 0. The predicted octanol–water partition coefficient (Wildman–Crippen LogP) is 2.01. The zero-order chi connectivity index (χ0) is 9.68. The van der Waals surface area contributed by atoms with Crippen molar-refractivity contribution in [2.45, 2.75) is 57.7 Å². The van der Waals surface area contributed by atoms with Gasteiger partial charge < -0.3 is 10.2 Å². The molecule has 0 aromatic rings. The minimum Gasteiger partial charge on any atom is -0.393 e. The maximum Gasteiger partial charge on any atom is 0.0723 e. The second-order valence-corrected chi connectivity index (χ2v) is 4.03. The molecule has 0 aliphatic heterocycles. The van der Waals surface area contributed by atoms with Crippen LogP contribution in [0.3, 0.4) is 0 Å². The molecule has 1 rings (SSSR count). The Bertz CT molecular complexity index is 173. The summed E-state index contributed by atoms with van der Waals surface area (Å²) in [6.07, 6.45) is 7.71. The largest absolute Gasteiger partial charge is 0.393 e. The van der Waals surface area contributed by atoms with E-state index < -0.39 is 0 Å². The number of rotatable bonds is 4. The first-order chi connectivity index (χ1) is 6.18. The standard InChI is InChI=1S/C11H20O2/c1-9(12)4-2-5-10-6-3-7-11(13)8-10/h8-9,11-13H,2-7H2,1H3/t9-,11+/m0/s1. The van der Waals surface area contributed by atoms with E-state index in [1.165, 1.54) is 5.57 Å². The Morgan fingerprint density at radius 3 is 3.00 bits per heavy atom. The van der Waals surface area contributed by atoms with Gasteiger partial charge in [0.15, 0.2) is 0 Å².